The van der Waals surface area contributed by atoms with Gasteiger partial charge in [-0.25, -0.2) is 8.42 Å². The SMILES string of the molecule is Cc1cc(C)cc(N(CC(=O)N[C@@H](C)CCc2ccccc2)S(=O)(=O)c2ccccc2)c1. The van der Waals surface area contributed by atoms with E-state index in [9.17, 15) is 13.2 Å². The summed E-state index contributed by atoms with van der Waals surface area (Å²) in [6.07, 6.45) is 1.61. The van der Waals surface area contributed by atoms with Gasteiger partial charge < -0.3 is 5.32 Å². The first-order valence-corrected chi connectivity index (χ1v) is 12.2. The number of anilines is 1. The normalized spacial score (nSPS) is 12.2. The van der Waals surface area contributed by atoms with E-state index in [1.165, 1.54) is 9.87 Å². The molecule has 0 saturated heterocycles. The van der Waals surface area contributed by atoms with E-state index in [1.807, 2.05) is 45.0 Å². The number of hydrogen-bond donors (Lipinski definition) is 1. The van der Waals surface area contributed by atoms with Crippen molar-refractivity contribution in [2.24, 2.45) is 0 Å². The molecule has 0 aliphatic heterocycles. The standard InChI is InChI=1S/C26H30N2O3S/c1-20-16-21(2)18-24(17-20)28(32(30,31)25-12-8-5-9-13-25)19-26(29)27-22(3)14-15-23-10-6-4-7-11-23/h4-13,16-18,22H,14-15,19H2,1-3H3,(H,27,29)/t22-/m0/s1. The Morgan fingerprint density at radius 1 is 0.906 bits per heavy atom. The second kappa shape index (κ2) is 10.5. The molecule has 32 heavy (non-hydrogen) atoms. The van der Waals surface area contributed by atoms with Gasteiger partial charge in [0, 0.05) is 6.04 Å². The summed E-state index contributed by atoms with van der Waals surface area (Å²) in [6.45, 7) is 5.48. The molecule has 0 aliphatic rings. The summed E-state index contributed by atoms with van der Waals surface area (Å²) in [5.74, 6) is -0.329. The van der Waals surface area contributed by atoms with Gasteiger partial charge in [0.25, 0.3) is 10.0 Å². The molecule has 0 fully saturated rings. The third-order valence-electron chi connectivity index (χ3n) is 5.23. The van der Waals surface area contributed by atoms with E-state index in [-0.39, 0.29) is 23.4 Å². The summed E-state index contributed by atoms with van der Waals surface area (Å²) >= 11 is 0. The molecular formula is C26H30N2O3S. The monoisotopic (exact) mass is 450 g/mol. The highest BCUT2D eigenvalue weighted by molar-refractivity contribution is 7.92. The van der Waals surface area contributed by atoms with Gasteiger partial charge in [0.15, 0.2) is 0 Å². The molecular weight excluding hydrogens is 420 g/mol. The van der Waals surface area contributed by atoms with Gasteiger partial charge in [0.2, 0.25) is 5.91 Å². The van der Waals surface area contributed by atoms with Crippen LogP contribution in [0.15, 0.2) is 83.8 Å². The van der Waals surface area contributed by atoms with Crippen molar-refractivity contribution in [3.63, 3.8) is 0 Å². The minimum absolute atomic E-state index is 0.0803. The highest BCUT2D eigenvalue weighted by Crippen LogP contribution is 2.25. The van der Waals surface area contributed by atoms with Crippen LogP contribution in [0.3, 0.4) is 0 Å². The highest BCUT2D eigenvalue weighted by atomic mass is 32.2. The zero-order valence-corrected chi connectivity index (χ0v) is 19.6. The molecule has 1 N–H and O–H groups in total. The summed E-state index contributed by atoms with van der Waals surface area (Å²) in [5, 5.41) is 2.96. The van der Waals surface area contributed by atoms with E-state index in [2.05, 4.69) is 17.4 Å². The lowest BCUT2D eigenvalue weighted by Crippen LogP contribution is -2.43. The van der Waals surface area contributed by atoms with Gasteiger partial charge in [0.1, 0.15) is 6.54 Å². The Balaban J connectivity index is 1.78. The second-order valence-electron chi connectivity index (χ2n) is 8.16. The summed E-state index contributed by atoms with van der Waals surface area (Å²) < 4.78 is 28.1. The average molecular weight is 451 g/mol. The Hall–Kier alpha value is -3.12. The van der Waals surface area contributed by atoms with Gasteiger partial charge >= 0.3 is 0 Å². The fourth-order valence-electron chi connectivity index (χ4n) is 3.68. The minimum Gasteiger partial charge on any atom is -0.352 e. The van der Waals surface area contributed by atoms with Crippen LogP contribution in [0.5, 0.6) is 0 Å². The quantitative estimate of drug-likeness (QED) is 0.517. The molecule has 3 rings (SSSR count). The second-order valence-corrected chi connectivity index (χ2v) is 10.0. The van der Waals surface area contributed by atoms with E-state index in [0.717, 1.165) is 24.0 Å². The van der Waals surface area contributed by atoms with Gasteiger partial charge in [-0.2, -0.15) is 0 Å². The van der Waals surface area contributed by atoms with E-state index in [4.69, 9.17) is 0 Å². The van der Waals surface area contributed by atoms with Crippen LogP contribution in [0.1, 0.15) is 30.0 Å². The average Bonchev–Trinajstić information content (AvgIpc) is 2.76. The van der Waals surface area contributed by atoms with Crippen molar-refractivity contribution in [2.45, 2.75) is 44.6 Å². The number of benzene rings is 3. The number of amides is 1. The molecule has 0 unspecified atom stereocenters. The van der Waals surface area contributed by atoms with Crippen molar-refractivity contribution >= 4 is 21.6 Å². The molecule has 0 heterocycles. The van der Waals surface area contributed by atoms with Crippen molar-refractivity contribution in [2.75, 3.05) is 10.8 Å². The van der Waals surface area contributed by atoms with Gasteiger partial charge in [-0.3, -0.25) is 9.10 Å². The third-order valence-corrected chi connectivity index (χ3v) is 7.02. The van der Waals surface area contributed by atoms with Crippen LogP contribution in [0.2, 0.25) is 0 Å². The number of sulfonamides is 1. The first-order valence-electron chi connectivity index (χ1n) is 10.7. The van der Waals surface area contributed by atoms with E-state index < -0.39 is 10.0 Å². The van der Waals surface area contributed by atoms with Crippen LogP contribution in [0.25, 0.3) is 0 Å². The van der Waals surface area contributed by atoms with Crippen LogP contribution < -0.4 is 9.62 Å². The molecule has 0 radical (unpaired) electrons. The van der Waals surface area contributed by atoms with Crippen LogP contribution >= 0.6 is 0 Å². The van der Waals surface area contributed by atoms with Crippen molar-refractivity contribution in [3.8, 4) is 0 Å². The van der Waals surface area contributed by atoms with Gasteiger partial charge in [-0.1, -0.05) is 54.6 Å². The summed E-state index contributed by atoms with van der Waals surface area (Å²) in [4.78, 5) is 13.0. The van der Waals surface area contributed by atoms with E-state index in [1.54, 1.807) is 42.5 Å². The maximum Gasteiger partial charge on any atom is 0.264 e. The molecule has 3 aromatic rings. The van der Waals surface area contributed by atoms with Crippen molar-refractivity contribution in [1.29, 1.82) is 0 Å². The smallest absolute Gasteiger partial charge is 0.264 e. The van der Waals surface area contributed by atoms with Crippen LogP contribution in [0.4, 0.5) is 5.69 Å². The topological polar surface area (TPSA) is 66.5 Å². The highest BCUT2D eigenvalue weighted by Gasteiger charge is 2.27. The Morgan fingerprint density at radius 2 is 1.47 bits per heavy atom. The summed E-state index contributed by atoms with van der Waals surface area (Å²) in [6, 6.07) is 23.8. The van der Waals surface area contributed by atoms with Crippen molar-refractivity contribution in [1.82, 2.24) is 5.32 Å². The summed E-state index contributed by atoms with van der Waals surface area (Å²) in [7, 11) is -3.90. The first kappa shape index (κ1) is 23.5. The molecule has 168 valence electrons. The predicted molar refractivity (Wildman–Crippen MR) is 129 cm³/mol. The fourth-order valence-corrected chi connectivity index (χ4v) is 5.11. The molecule has 6 heteroatoms. The number of hydrogen-bond acceptors (Lipinski definition) is 3. The minimum atomic E-state index is -3.90. The zero-order chi connectivity index (χ0) is 23.1. The largest absolute Gasteiger partial charge is 0.352 e. The molecule has 0 aromatic heterocycles. The van der Waals surface area contributed by atoms with E-state index >= 15 is 0 Å². The van der Waals surface area contributed by atoms with Crippen molar-refractivity contribution < 1.29 is 13.2 Å². The number of nitrogens with one attached hydrogen (secondary N) is 1. The Morgan fingerprint density at radius 3 is 2.06 bits per heavy atom. The molecule has 0 saturated carbocycles. The molecule has 0 spiro atoms. The third kappa shape index (κ3) is 6.20. The fraction of sp³-hybridized carbons (Fsp3) is 0.269. The van der Waals surface area contributed by atoms with Gasteiger partial charge in [-0.05, 0) is 74.6 Å². The molecule has 0 aliphatic carbocycles. The van der Waals surface area contributed by atoms with Gasteiger partial charge in [-0.15, -0.1) is 0 Å². The van der Waals surface area contributed by atoms with Crippen LogP contribution in [-0.4, -0.2) is 26.9 Å². The lowest BCUT2D eigenvalue weighted by atomic mass is 10.1. The number of nitrogens with zero attached hydrogens (tertiary/aromatic N) is 1. The molecule has 0 bridgehead atoms. The Kier molecular flexibility index (Phi) is 7.70. The molecule has 5 nitrogen and oxygen atoms in total. The van der Waals surface area contributed by atoms with Crippen LogP contribution in [-0.2, 0) is 21.2 Å². The maximum atomic E-state index is 13.4. The predicted octanol–water partition coefficient (Wildman–Crippen LogP) is 4.64. The number of carbonyl (C=O) groups is 1. The lowest BCUT2D eigenvalue weighted by Gasteiger charge is -2.26. The molecule has 1 atom stereocenters. The van der Waals surface area contributed by atoms with Gasteiger partial charge in [0.05, 0.1) is 10.6 Å². The zero-order valence-electron chi connectivity index (χ0n) is 18.8. The Labute approximate surface area is 191 Å². The first-order chi connectivity index (χ1) is 15.3. The maximum absolute atomic E-state index is 13.4. The van der Waals surface area contributed by atoms with Crippen molar-refractivity contribution in [3.05, 3.63) is 95.6 Å². The van der Waals surface area contributed by atoms with Crippen LogP contribution in [0, 0.1) is 13.8 Å². The number of aryl methyl sites for hydroxylation is 3. The summed E-state index contributed by atoms with van der Waals surface area (Å²) in [5.41, 5.74) is 3.56. The number of carbonyl (C=O) groups excluding carboxylic acids is 1. The molecule has 3 aromatic carbocycles. The Bertz CT molecular complexity index is 1130. The lowest BCUT2D eigenvalue weighted by molar-refractivity contribution is -0.120. The van der Waals surface area contributed by atoms with E-state index in [0.29, 0.717) is 5.69 Å². The number of rotatable bonds is 9. The molecule has 1 amide bonds.